The van der Waals surface area contributed by atoms with Gasteiger partial charge in [-0.15, -0.1) is 0 Å². The third-order valence-electron chi connectivity index (χ3n) is 1.37. The number of Topliss-reactive ketones (excluding diaryl/α,β-unsaturated/α-hetero) is 1. The summed E-state index contributed by atoms with van der Waals surface area (Å²) in [5, 5.41) is 9.07. The Bertz CT molecular complexity index is 303. The van der Waals surface area contributed by atoms with Crippen LogP contribution in [0.2, 0.25) is 0 Å². The van der Waals surface area contributed by atoms with Gasteiger partial charge in [0.25, 0.3) is 10.1 Å². The third kappa shape index (κ3) is 5.51. The van der Waals surface area contributed by atoms with Gasteiger partial charge in [0.1, 0.15) is 6.10 Å². The van der Waals surface area contributed by atoms with E-state index in [9.17, 15) is 13.2 Å². The molecule has 0 heterocycles. The van der Waals surface area contributed by atoms with Gasteiger partial charge in [-0.2, -0.15) is 8.42 Å². The van der Waals surface area contributed by atoms with Crippen molar-refractivity contribution in [1.82, 2.24) is 0 Å². The van der Waals surface area contributed by atoms with Crippen molar-refractivity contribution in [1.29, 1.82) is 0 Å². The molecule has 5 nitrogen and oxygen atoms in total. The molecule has 1 unspecified atom stereocenters. The molecule has 2 N–H and O–H groups in total. The molecule has 0 aliphatic carbocycles. The van der Waals surface area contributed by atoms with Crippen LogP contribution in [0, 0.1) is 0 Å². The Morgan fingerprint density at radius 3 is 2.31 bits per heavy atom. The van der Waals surface area contributed by atoms with Crippen LogP contribution in [0.5, 0.6) is 0 Å². The van der Waals surface area contributed by atoms with Gasteiger partial charge < -0.3 is 5.11 Å². The van der Waals surface area contributed by atoms with Crippen LogP contribution in [0.4, 0.5) is 0 Å². The molecule has 6 heteroatoms. The van der Waals surface area contributed by atoms with Crippen LogP contribution >= 0.6 is 0 Å². The van der Waals surface area contributed by atoms with Crippen molar-refractivity contribution < 1.29 is 22.9 Å². The number of carbonyl (C=O) groups is 1. The molecule has 13 heavy (non-hydrogen) atoms. The van der Waals surface area contributed by atoms with Crippen LogP contribution in [0.1, 0.15) is 13.3 Å². The molecular formula is C7H12O5S. The van der Waals surface area contributed by atoms with Crippen LogP contribution in [-0.2, 0) is 14.9 Å². The summed E-state index contributed by atoms with van der Waals surface area (Å²) < 4.78 is 28.8. The highest BCUT2D eigenvalue weighted by atomic mass is 32.2. The average Bonchev–Trinajstić information content (AvgIpc) is 1.97. The smallest absolute Gasteiger partial charge is 0.264 e. The van der Waals surface area contributed by atoms with Gasteiger partial charge in [0, 0.05) is 0 Å². The predicted octanol–water partition coefficient (Wildman–Crippen LogP) is -0.230. The Labute approximate surface area is 76.8 Å². The maximum absolute atomic E-state index is 10.9. The molecule has 0 saturated carbocycles. The maximum atomic E-state index is 10.9. The van der Waals surface area contributed by atoms with Crippen molar-refractivity contribution in [3.63, 3.8) is 0 Å². The number of rotatable bonds is 5. The van der Waals surface area contributed by atoms with Gasteiger partial charge in [-0.3, -0.25) is 9.35 Å². The zero-order valence-electron chi connectivity index (χ0n) is 7.23. The second kappa shape index (κ2) is 4.50. The summed E-state index contributed by atoms with van der Waals surface area (Å²) in [5.41, 5.74) is 0.155. The van der Waals surface area contributed by atoms with E-state index in [4.69, 9.17) is 9.66 Å². The van der Waals surface area contributed by atoms with E-state index in [1.54, 1.807) is 0 Å². The minimum absolute atomic E-state index is 0.155. The van der Waals surface area contributed by atoms with E-state index in [0.29, 0.717) is 0 Å². The molecule has 0 bridgehead atoms. The SMILES string of the molecule is C=C(C)C(=O)C(O)CCS(=O)(=O)O. The fourth-order valence-corrected chi connectivity index (χ4v) is 1.20. The van der Waals surface area contributed by atoms with Crippen molar-refractivity contribution in [3.05, 3.63) is 12.2 Å². The number of aliphatic hydroxyl groups is 1. The molecule has 76 valence electrons. The lowest BCUT2D eigenvalue weighted by atomic mass is 10.1. The summed E-state index contributed by atoms with van der Waals surface area (Å²) in [4.78, 5) is 10.9. The van der Waals surface area contributed by atoms with E-state index < -0.39 is 27.8 Å². The fraction of sp³-hybridized carbons (Fsp3) is 0.571. The van der Waals surface area contributed by atoms with E-state index in [0.717, 1.165) is 0 Å². The summed E-state index contributed by atoms with van der Waals surface area (Å²) in [6.45, 7) is 4.71. The quantitative estimate of drug-likeness (QED) is 0.481. The molecule has 0 rings (SSSR count). The highest BCUT2D eigenvalue weighted by Crippen LogP contribution is 2.02. The van der Waals surface area contributed by atoms with Crippen LogP contribution < -0.4 is 0 Å². The van der Waals surface area contributed by atoms with Gasteiger partial charge in [-0.05, 0) is 18.9 Å². The predicted molar refractivity (Wildman–Crippen MR) is 46.9 cm³/mol. The van der Waals surface area contributed by atoms with E-state index in [-0.39, 0.29) is 12.0 Å². The van der Waals surface area contributed by atoms with E-state index in [1.165, 1.54) is 6.92 Å². The number of ketones is 1. The van der Waals surface area contributed by atoms with E-state index in [2.05, 4.69) is 6.58 Å². The lowest BCUT2D eigenvalue weighted by molar-refractivity contribution is -0.123. The Balaban J connectivity index is 4.10. The number of hydrogen-bond donors (Lipinski definition) is 2. The molecule has 0 spiro atoms. The van der Waals surface area contributed by atoms with Gasteiger partial charge in [0.05, 0.1) is 5.75 Å². The lowest BCUT2D eigenvalue weighted by Crippen LogP contribution is -2.23. The van der Waals surface area contributed by atoms with Crippen molar-refractivity contribution >= 4 is 15.9 Å². The fourth-order valence-electron chi connectivity index (χ4n) is 0.676. The topological polar surface area (TPSA) is 91.7 Å². The van der Waals surface area contributed by atoms with E-state index in [1.807, 2.05) is 0 Å². The second-order valence-electron chi connectivity index (χ2n) is 2.74. The molecule has 0 aromatic rings. The molecule has 0 fully saturated rings. The molecule has 0 aromatic heterocycles. The average molecular weight is 208 g/mol. The molecule has 0 radical (unpaired) electrons. The van der Waals surface area contributed by atoms with E-state index >= 15 is 0 Å². The first-order valence-corrected chi connectivity index (χ1v) is 5.18. The zero-order chi connectivity index (χ0) is 10.6. The van der Waals surface area contributed by atoms with Crippen molar-refractivity contribution in [2.75, 3.05) is 5.75 Å². The van der Waals surface area contributed by atoms with Gasteiger partial charge in [0.2, 0.25) is 0 Å². The Morgan fingerprint density at radius 1 is 1.54 bits per heavy atom. The zero-order valence-corrected chi connectivity index (χ0v) is 8.04. The van der Waals surface area contributed by atoms with Crippen molar-refractivity contribution in [3.8, 4) is 0 Å². The standard InChI is InChI=1S/C7H12O5S/c1-5(2)7(9)6(8)3-4-13(10,11)12/h6,8H,1,3-4H2,2H3,(H,10,11,12). The molecule has 0 amide bonds. The van der Waals surface area contributed by atoms with Crippen LogP contribution in [0.3, 0.4) is 0 Å². The Morgan fingerprint density at radius 2 is 2.00 bits per heavy atom. The Kier molecular flexibility index (Phi) is 4.25. The summed E-state index contributed by atoms with van der Waals surface area (Å²) in [6.07, 6.45) is -1.72. The summed E-state index contributed by atoms with van der Waals surface area (Å²) in [5.74, 6) is -1.24. The normalized spacial score (nSPS) is 13.8. The molecule has 0 saturated heterocycles. The second-order valence-corrected chi connectivity index (χ2v) is 4.31. The minimum Gasteiger partial charge on any atom is -0.385 e. The molecular weight excluding hydrogens is 196 g/mol. The first-order valence-electron chi connectivity index (χ1n) is 3.57. The number of aliphatic hydroxyl groups excluding tert-OH is 1. The van der Waals surface area contributed by atoms with Gasteiger partial charge in [-0.1, -0.05) is 6.58 Å². The minimum atomic E-state index is -4.12. The molecule has 0 aliphatic heterocycles. The van der Waals surface area contributed by atoms with Crippen LogP contribution in [-0.4, -0.2) is 35.7 Å². The molecule has 0 aliphatic rings. The van der Waals surface area contributed by atoms with Crippen molar-refractivity contribution in [2.45, 2.75) is 19.4 Å². The maximum Gasteiger partial charge on any atom is 0.264 e. The summed E-state index contributed by atoms with van der Waals surface area (Å²) >= 11 is 0. The van der Waals surface area contributed by atoms with Gasteiger partial charge >= 0.3 is 0 Å². The van der Waals surface area contributed by atoms with Crippen molar-refractivity contribution in [2.24, 2.45) is 0 Å². The highest BCUT2D eigenvalue weighted by Gasteiger charge is 2.18. The highest BCUT2D eigenvalue weighted by molar-refractivity contribution is 7.85. The van der Waals surface area contributed by atoms with Gasteiger partial charge in [0.15, 0.2) is 5.78 Å². The van der Waals surface area contributed by atoms with Crippen LogP contribution in [0.15, 0.2) is 12.2 Å². The molecule has 0 aromatic carbocycles. The molecule has 1 atom stereocenters. The monoisotopic (exact) mass is 208 g/mol. The first kappa shape index (κ1) is 12.3. The van der Waals surface area contributed by atoms with Gasteiger partial charge in [-0.25, -0.2) is 0 Å². The largest absolute Gasteiger partial charge is 0.385 e. The number of carbonyl (C=O) groups excluding carboxylic acids is 1. The Hall–Kier alpha value is -0.720. The summed E-state index contributed by atoms with van der Waals surface area (Å²) in [6, 6.07) is 0. The number of hydrogen-bond acceptors (Lipinski definition) is 4. The van der Waals surface area contributed by atoms with Crippen LogP contribution in [0.25, 0.3) is 0 Å². The lowest BCUT2D eigenvalue weighted by Gasteiger charge is -2.07. The first-order chi connectivity index (χ1) is 5.74. The summed E-state index contributed by atoms with van der Waals surface area (Å²) in [7, 11) is -4.12. The third-order valence-corrected chi connectivity index (χ3v) is 2.12.